The van der Waals surface area contributed by atoms with E-state index in [1.807, 2.05) is 30.5 Å². The first-order chi connectivity index (χ1) is 12.6. The van der Waals surface area contributed by atoms with E-state index in [2.05, 4.69) is 27.6 Å². The number of hydrogen-bond acceptors (Lipinski definition) is 5. The number of nitrogens with one attached hydrogen (secondary N) is 1. The van der Waals surface area contributed by atoms with E-state index < -0.39 is 0 Å². The van der Waals surface area contributed by atoms with E-state index in [4.69, 9.17) is 5.26 Å². The van der Waals surface area contributed by atoms with Crippen LogP contribution < -0.4 is 5.32 Å². The fourth-order valence-electron chi connectivity index (χ4n) is 2.56. The molecular formula is C19H17N5OS. The number of hydrogen-bond donors (Lipinski definition) is 1. The molecule has 0 saturated heterocycles. The predicted molar refractivity (Wildman–Crippen MR) is 101 cm³/mol. The second kappa shape index (κ2) is 7.85. The molecule has 1 amide bonds. The standard InChI is InChI=1S/C19H17N5OS/c1-13-6-7-17(14(2)8-13)24-12-21-23-19(24)26-11-18(25)22-16-5-3-4-15(9-16)10-20/h3-9,12H,11H2,1-2H3,(H,22,25). The Balaban J connectivity index is 1.68. The van der Waals surface area contributed by atoms with E-state index in [9.17, 15) is 4.79 Å². The molecule has 0 radical (unpaired) electrons. The van der Waals surface area contributed by atoms with Gasteiger partial charge in [-0.05, 0) is 43.7 Å². The zero-order valence-electron chi connectivity index (χ0n) is 14.4. The van der Waals surface area contributed by atoms with Crippen molar-refractivity contribution in [1.29, 1.82) is 5.26 Å². The Bertz CT molecular complexity index is 990. The van der Waals surface area contributed by atoms with Gasteiger partial charge in [0.1, 0.15) is 6.33 Å². The molecule has 0 unspecified atom stereocenters. The SMILES string of the molecule is Cc1ccc(-n2cnnc2SCC(=O)Nc2cccc(C#N)c2)c(C)c1. The van der Waals surface area contributed by atoms with Crippen molar-refractivity contribution < 1.29 is 4.79 Å². The lowest BCUT2D eigenvalue weighted by Gasteiger charge is -2.10. The Morgan fingerprint density at radius 2 is 2.12 bits per heavy atom. The highest BCUT2D eigenvalue weighted by Gasteiger charge is 2.12. The summed E-state index contributed by atoms with van der Waals surface area (Å²) >= 11 is 1.31. The van der Waals surface area contributed by atoms with Gasteiger partial charge in [-0.15, -0.1) is 10.2 Å². The van der Waals surface area contributed by atoms with Gasteiger partial charge in [-0.3, -0.25) is 9.36 Å². The van der Waals surface area contributed by atoms with Crippen molar-refractivity contribution in [2.24, 2.45) is 0 Å². The van der Waals surface area contributed by atoms with Crippen LogP contribution in [0.15, 0.2) is 53.9 Å². The van der Waals surface area contributed by atoms with E-state index >= 15 is 0 Å². The third-order valence-electron chi connectivity index (χ3n) is 3.74. The molecule has 0 fully saturated rings. The van der Waals surface area contributed by atoms with Gasteiger partial charge in [-0.1, -0.05) is 35.5 Å². The van der Waals surface area contributed by atoms with Crippen LogP contribution in [0.4, 0.5) is 5.69 Å². The fourth-order valence-corrected chi connectivity index (χ4v) is 3.28. The molecule has 6 nitrogen and oxygen atoms in total. The van der Waals surface area contributed by atoms with Gasteiger partial charge in [0.05, 0.1) is 23.1 Å². The Labute approximate surface area is 155 Å². The maximum absolute atomic E-state index is 12.2. The van der Waals surface area contributed by atoms with E-state index in [1.54, 1.807) is 30.6 Å². The van der Waals surface area contributed by atoms with Gasteiger partial charge in [0.2, 0.25) is 5.91 Å². The molecule has 3 aromatic rings. The average Bonchev–Trinajstić information content (AvgIpc) is 3.08. The normalized spacial score (nSPS) is 10.3. The molecule has 0 aliphatic rings. The van der Waals surface area contributed by atoms with Gasteiger partial charge in [0.15, 0.2) is 5.16 Å². The van der Waals surface area contributed by atoms with Crippen molar-refractivity contribution in [2.45, 2.75) is 19.0 Å². The van der Waals surface area contributed by atoms with Crippen LogP contribution in [0.25, 0.3) is 5.69 Å². The van der Waals surface area contributed by atoms with Crippen molar-refractivity contribution in [1.82, 2.24) is 14.8 Å². The number of benzene rings is 2. The van der Waals surface area contributed by atoms with Crippen LogP contribution in [0.1, 0.15) is 16.7 Å². The molecule has 0 spiro atoms. The minimum absolute atomic E-state index is 0.166. The van der Waals surface area contributed by atoms with Gasteiger partial charge < -0.3 is 5.32 Å². The minimum Gasteiger partial charge on any atom is -0.325 e. The third-order valence-corrected chi connectivity index (χ3v) is 4.68. The molecule has 1 aromatic heterocycles. The number of rotatable bonds is 5. The van der Waals surface area contributed by atoms with Crippen molar-refractivity contribution in [3.05, 3.63) is 65.5 Å². The summed E-state index contributed by atoms with van der Waals surface area (Å²) in [5.74, 6) is 0.0284. The molecule has 0 aliphatic carbocycles. The molecule has 26 heavy (non-hydrogen) atoms. The lowest BCUT2D eigenvalue weighted by molar-refractivity contribution is -0.113. The number of nitrogens with zero attached hydrogens (tertiary/aromatic N) is 4. The second-order valence-electron chi connectivity index (χ2n) is 5.80. The molecule has 2 aromatic carbocycles. The summed E-state index contributed by atoms with van der Waals surface area (Å²) in [6.45, 7) is 4.08. The molecule has 130 valence electrons. The molecule has 0 aliphatic heterocycles. The van der Waals surface area contributed by atoms with Crippen molar-refractivity contribution >= 4 is 23.4 Å². The Morgan fingerprint density at radius 3 is 2.88 bits per heavy atom. The third kappa shape index (κ3) is 4.10. The maximum Gasteiger partial charge on any atom is 0.234 e. The van der Waals surface area contributed by atoms with Gasteiger partial charge in [-0.25, -0.2) is 0 Å². The Hall–Kier alpha value is -3.11. The van der Waals surface area contributed by atoms with Crippen LogP contribution >= 0.6 is 11.8 Å². The van der Waals surface area contributed by atoms with Crippen LogP contribution in [0.3, 0.4) is 0 Å². The molecule has 1 heterocycles. The largest absolute Gasteiger partial charge is 0.325 e. The van der Waals surface area contributed by atoms with Crippen molar-refractivity contribution in [3.8, 4) is 11.8 Å². The number of carbonyl (C=O) groups excluding carboxylic acids is 1. The summed E-state index contributed by atoms with van der Waals surface area (Å²) in [6, 6.07) is 15.0. The molecule has 0 bridgehead atoms. The lowest BCUT2D eigenvalue weighted by Crippen LogP contribution is -2.14. The maximum atomic E-state index is 12.2. The highest BCUT2D eigenvalue weighted by atomic mass is 32.2. The first-order valence-electron chi connectivity index (χ1n) is 7.97. The fraction of sp³-hybridized carbons (Fsp3) is 0.158. The van der Waals surface area contributed by atoms with Crippen LogP contribution in [0, 0.1) is 25.2 Å². The molecule has 7 heteroatoms. The van der Waals surface area contributed by atoms with E-state index in [1.165, 1.54) is 17.3 Å². The van der Waals surface area contributed by atoms with Gasteiger partial charge in [-0.2, -0.15) is 5.26 Å². The number of nitriles is 1. The van der Waals surface area contributed by atoms with Crippen LogP contribution in [-0.2, 0) is 4.79 Å². The summed E-state index contributed by atoms with van der Waals surface area (Å²) in [4.78, 5) is 12.2. The zero-order chi connectivity index (χ0) is 18.5. The first kappa shape index (κ1) is 17.7. The molecule has 3 rings (SSSR count). The Kier molecular flexibility index (Phi) is 5.34. The van der Waals surface area contributed by atoms with Gasteiger partial charge in [0.25, 0.3) is 0 Å². The highest BCUT2D eigenvalue weighted by molar-refractivity contribution is 7.99. The molecule has 0 saturated carbocycles. The summed E-state index contributed by atoms with van der Waals surface area (Å²) in [7, 11) is 0. The van der Waals surface area contributed by atoms with Gasteiger partial charge >= 0.3 is 0 Å². The smallest absolute Gasteiger partial charge is 0.234 e. The molecular weight excluding hydrogens is 346 g/mol. The van der Waals surface area contributed by atoms with E-state index in [-0.39, 0.29) is 11.7 Å². The van der Waals surface area contributed by atoms with Crippen LogP contribution in [-0.4, -0.2) is 26.4 Å². The van der Waals surface area contributed by atoms with E-state index in [0.29, 0.717) is 16.4 Å². The van der Waals surface area contributed by atoms with E-state index in [0.717, 1.165) is 11.3 Å². The number of aryl methyl sites for hydroxylation is 2. The van der Waals surface area contributed by atoms with Crippen molar-refractivity contribution in [3.63, 3.8) is 0 Å². The number of amides is 1. The number of thioether (sulfide) groups is 1. The summed E-state index contributed by atoms with van der Waals surface area (Å²) < 4.78 is 1.88. The number of aromatic nitrogens is 3. The van der Waals surface area contributed by atoms with Crippen LogP contribution in [0.2, 0.25) is 0 Å². The van der Waals surface area contributed by atoms with Crippen molar-refractivity contribution in [2.75, 3.05) is 11.1 Å². The summed E-state index contributed by atoms with van der Waals surface area (Å²) in [5.41, 5.74) is 4.40. The lowest BCUT2D eigenvalue weighted by atomic mass is 10.1. The molecule has 1 N–H and O–H groups in total. The van der Waals surface area contributed by atoms with Gasteiger partial charge in [0, 0.05) is 5.69 Å². The molecule has 0 atom stereocenters. The van der Waals surface area contributed by atoms with Crippen LogP contribution in [0.5, 0.6) is 0 Å². The number of carbonyl (C=O) groups is 1. The Morgan fingerprint density at radius 1 is 1.27 bits per heavy atom. The minimum atomic E-state index is -0.166. The topological polar surface area (TPSA) is 83.6 Å². The summed E-state index contributed by atoms with van der Waals surface area (Å²) in [5, 5.41) is 20.4. The summed E-state index contributed by atoms with van der Waals surface area (Å²) in [6.07, 6.45) is 1.65. The predicted octanol–water partition coefficient (Wildman–Crippen LogP) is 3.49. The first-order valence-corrected chi connectivity index (χ1v) is 8.96. The quantitative estimate of drug-likeness (QED) is 0.702. The highest BCUT2D eigenvalue weighted by Crippen LogP contribution is 2.23. The average molecular weight is 363 g/mol. The number of anilines is 1. The zero-order valence-corrected chi connectivity index (χ0v) is 15.2. The monoisotopic (exact) mass is 363 g/mol. The second-order valence-corrected chi connectivity index (χ2v) is 6.75.